The average Bonchev–Trinajstić information content (AvgIpc) is 2.34. The van der Waals surface area contributed by atoms with Crippen LogP contribution in [0, 0.1) is 0 Å². The first-order chi connectivity index (χ1) is 4.88. The smallest absolute Gasteiger partial charge is 0.372 e. The number of aromatic nitrogens is 3. The zero-order valence-electron chi connectivity index (χ0n) is 4.89. The van der Waals surface area contributed by atoms with E-state index in [0.29, 0.717) is 5.82 Å². The predicted molar refractivity (Wildman–Crippen MR) is 31.1 cm³/mol. The number of rotatable bonds is 0. The molecule has 0 bridgehead atoms. The molecule has 50 valence electrons. The van der Waals surface area contributed by atoms with Crippen LogP contribution in [-0.4, -0.2) is 14.8 Å². The molecule has 0 aromatic carbocycles. The minimum Gasteiger partial charge on any atom is -0.467 e. The molecule has 0 unspecified atom stereocenters. The van der Waals surface area contributed by atoms with E-state index < -0.39 is 0 Å². The minimum absolute atomic E-state index is 0.384. The molecule has 0 amide bonds. The third kappa shape index (κ3) is 0.540. The Bertz CT molecular complexity index is 363. The van der Waals surface area contributed by atoms with Crippen molar-refractivity contribution < 1.29 is 4.42 Å². The van der Waals surface area contributed by atoms with E-state index in [0.717, 1.165) is 0 Å². The lowest BCUT2D eigenvalue weighted by Gasteiger charge is -1.92. The summed E-state index contributed by atoms with van der Waals surface area (Å²) in [6.45, 7) is 0. The van der Waals surface area contributed by atoms with Crippen LogP contribution in [-0.2, 0) is 0 Å². The van der Waals surface area contributed by atoms with Crippen molar-refractivity contribution in [3.8, 4) is 5.82 Å². The Morgan fingerprint density at radius 1 is 1.50 bits per heavy atom. The van der Waals surface area contributed by atoms with E-state index in [9.17, 15) is 4.79 Å². The standard InChI is InChI=1S/C5H3N3O2/c9-5-7-6-4-3-10-2-1-8(4)5/h1-3H. The molecule has 0 radical (unpaired) electrons. The molecule has 5 nitrogen and oxygen atoms in total. The predicted octanol–water partition coefficient (Wildman–Crippen LogP) is -0.342. The lowest BCUT2D eigenvalue weighted by Crippen LogP contribution is -2.12. The summed E-state index contributed by atoms with van der Waals surface area (Å²) in [6.07, 6.45) is 4.21. The van der Waals surface area contributed by atoms with E-state index in [1.54, 1.807) is 0 Å². The number of fused-ring (bicyclic) bond motifs is 1. The van der Waals surface area contributed by atoms with Gasteiger partial charge in [-0.15, -0.1) is 5.10 Å². The van der Waals surface area contributed by atoms with Crippen LogP contribution in [0.25, 0.3) is 5.82 Å². The fraction of sp³-hybridized carbons (Fsp3) is 0. The lowest BCUT2D eigenvalue weighted by molar-refractivity contribution is 0.532. The molecule has 0 saturated carbocycles. The van der Waals surface area contributed by atoms with Gasteiger partial charge in [-0.1, -0.05) is 5.10 Å². The maximum Gasteiger partial charge on any atom is 0.372 e. The van der Waals surface area contributed by atoms with Gasteiger partial charge >= 0.3 is 5.69 Å². The van der Waals surface area contributed by atoms with Crippen LogP contribution in [0.15, 0.2) is 27.9 Å². The monoisotopic (exact) mass is 137 g/mol. The number of hydrogen-bond acceptors (Lipinski definition) is 4. The second-order valence-electron chi connectivity index (χ2n) is 1.75. The maximum atomic E-state index is 10.7. The van der Waals surface area contributed by atoms with Gasteiger partial charge in [-0.05, 0) is 0 Å². The summed E-state index contributed by atoms with van der Waals surface area (Å²) in [7, 11) is 0. The van der Waals surface area contributed by atoms with Crippen LogP contribution in [0.4, 0.5) is 0 Å². The molecule has 0 spiro atoms. The first-order valence-corrected chi connectivity index (χ1v) is 2.65. The quantitative estimate of drug-likeness (QED) is 0.498. The van der Waals surface area contributed by atoms with Gasteiger partial charge in [0.1, 0.15) is 12.5 Å². The highest BCUT2D eigenvalue weighted by Gasteiger charge is 2.04. The summed E-state index contributed by atoms with van der Waals surface area (Å²) < 4.78 is 6.04. The summed E-state index contributed by atoms with van der Waals surface area (Å²) in [5.74, 6) is 0.424. The Hall–Kier alpha value is -1.65. The van der Waals surface area contributed by atoms with E-state index in [1.165, 1.54) is 23.3 Å². The van der Waals surface area contributed by atoms with E-state index in [4.69, 9.17) is 4.42 Å². The van der Waals surface area contributed by atoms with Crippen LogP contribution in [0.5, 0.6) is 0 Å². The van der Waals surface area contributed by atoms with Crippen LogP contribution < -0.4 is 5.69 Å². The van der Waals surface area contributed by atoms with E-state index >= 15 is 0 Å². The van der Waals surface area contributed by atoms with Gasteiger partial charge in [0.25, 0.3) is 0 Å². The first-order valence-electron chi connectivity index (χ1n) is 2.65. The molecular weight excluding hydrogens is 134 g/mol. The minimum atomic E-state index is -0.384. The maximum absolute atomic E-state index is 10.7. The van der Waals surface area contributed by atoms with Crippen molar-refractivity contribution in [3.05, 3.63) is 29.2 Å². The van der Waals surface area contributed by atoms with Gasteiger partial charge < -0.3 is 4.42 Å². The Labute approximate surface area is 55.3 Å². The van der Waals surface area contributed by atoms with Gasteiger partial charge in [-0.3, -0.25) is 0 Å². The molecule has 0 aromatic heterocycles. The number of nitrogens with zero attached hydrogens (tertiary/aromatic N) is 3. The molecule has 2 rings (SSSR count). The molecule has 0 aliphatic carbocycles. The lowest BCUT2D eigenvalue weighted by atomic mass is 10.7. The molecule has 0 N–H and O–H groups in total. The number of hydrogen-bond donors (Lipinski definition) is 0. The van der Waals surface area contributed by atoms with Crippen LogP contribution >= 0.6 is 0 Å². The van der Waals surface area contributed by atoms with Gasteiger partial charge in [0, 0.05) is 0 Å². The third-order valence-corrected chi connectivity index (χ3v) is 1.15. The summed E-state index contributed by atoms with van der Waals surface area (Å²) in [6, 6.07) is 0. The van der Waals surface area contributed by atoms with Gasteiger partial charge in [-0.25, -0.2) is 9.36 Å². The molecule has 0 aromatic rings. The van der Waals surface area contributed by atoms with Crippen molar-refractivity contribution in [1.82, 2.24) is 14.8 Å². The molecule has 0 fully saturated rings. The summed E-state index contributed by atoms with van der Waals surface area (Å²) >= 11 is 0. The van der Waals surface area contributed by atoms with Crippen LogP contribution in [0.1, 0.15) is 0 Å². The van der Waals surface area contributed by atoms with Crippen molar-refractivity contribution in [2.45, 2.75) is 0 Å². The van der Waals surface area contributed by atoms with Gasteiger partial charge in [0.15, 0.2) is 5.82 Å². The molecule has 0 atom stereocenters. The fourth-order valence-corrected chi connectivity index (χ4v) is 0.705. The average molecular weight is 137 g/mol. The molecule has 5 heteroatoms. The molecule has 2 aliphatic rings. The molecule has 2 aliphatic heterocycles. The second kappa shape index (κ2) is 1.66. The van der Waals surface area contributed by atoms with Crippen LogP contribution in [0.3, 0.4) is 0 Å². The normalized spacial score (nSPS) is 10.4. The van der Waals surface area contributed by atoms with Crippen molar-refractivity contribution in [2.24, 2.45) is 0 Å². The van der Waals surface area contributed by atoms with E-state index in [1.807, 2.05) is 0 Å². The Kier molecular flexibility index (Phi) is 0.858. The molecule has 2 heterocycles. The zero-order valence-corrected chi connectivity index (χ0v) is 4.89. The van der Waals surface area contributed by atoms with E-state index in [2.05, 4.69) is 10.2 Å². The van der Waals surface area contributed by atoms with Gasteiger partial charge in [0.05, 0.1) is 6.20 Å². The topological polar surface area (TPSA) is 60.9 Å². The third-order valence-electron chi connectivity index (χ3n) is 1.15. The highest BCUT2D eigenvalue weighted by molar-refractivity contribution is 5.14. The van der Waals surface area contributed by atoms with E-state index in [-0.39, 0.29) is 5.69 Å². The first kappa shape index (κ1) is 5.16. The molecule has 10 heavy (non-hydrogen) atoms. The summed E-state index contributed by atoms with van der Waals surface area (Å²) in [4.78, 5) is 10.7. The SMILES string of the molecule is O=c1nnc2coccn1-2. The van der Waals surface area contributed by atoms with Crippen LogP contribution in [0.2, 0.25) is 0 Å². The van der Waals surface area contributed by atoms with Crippen molar-refractivity contribution >= 4 is 0 Å². The Morgan fingerprint density at radius 2 is 2.40 bits per heavy atom. The summed E-state index contributed by atoms with van der Waals surface area (Å²) in [5, 5.41) is 6.82. The highest BCUT2D eigenvalue weighted by atomic mass is 16.3. The highest BCUT2D eigenvalue weighted by Crippen LogP contribution is 1.97. The van der Waals surface area contributed by atoms with Crippen molar-refractivity contribution in [3.63, 3.8) is 0 Å². The van der Waals surface area contributed by atoms with Gasteiger partial charge in [-0.2, -0.15) is 0 Å². The largest absolute Gasteiger partial charge is 0.467 e. The summed E-state index contributed by atoms with van der Waals surface area (Å²) in [5.41, 5.74) is -0.384. The van der Waals surface area contributed by atoms with Crippen molar-refractivity contribution in [1.29, 1.82) is 0 Å². The Balaban J connectivity index is 2.91. The Morgan fingerprint density at radius 3 is 3.20 bits per heavy atom. The zero-order chi connectivity index (χ0) is 6.97. The second-order valence-corrected chi connectivity index (χ2v) is 1.75. The van der Waals surface area contributed by atoms with Gasteiger partial charge in [0.2, 0.25) is 0 Å². The fourth-order valence-electron chi connectivity index (χ4n) is 0.705. The molecular formula is C5H3N3O2. The molecule has 0 saturated heterocycles. The van der Waals surface area contributed by atoms with Crippen molar-refractivity contribution in [2.75, 3.05) is 0 Å².